The van der Waals surface area contributed by atoms with Gasteiger partial charge >= 0.3 is 5.97 Å². The molecule has 1 saturated heterocycles. The highest BCUT2D eigenvalue weighted by Gasteiger charge is 2.35. The molecular formula is C13H12N2O4. The highest BCUT2D eigenvalue weighted by Crippen LogP contribution is 2.16. The molecule has 1 aliphatic heterocycles. The van der Waals surface area contributed by atoms with Crippen LogP contribution in [0, 0.1) is 17.2 Å². The summed E-state index contributed by atoms with van der Waals surface area (Å²) >= 11 is 0. The SMILES string of the molecule is N#Cc1ccc(OCC(=O)N2CC(C(=O)O)C2)cc1. The van der Waals surface area contributed by atoms with Crippen LogP contribution in [0.4, 0.5) is 0 Å². The molecule has 1 fully saturated rings. The molecule has 0 unspecified atom stereocenters. The third-order valence-corrected chi connectivity index (χ3v) is 2.93. The molecule has 0 aliphatic carbocycles. The van der Waals surface area contributed by atoms with Gasteiger partial charge in [-0.15, -0.1) is 0 Å². The summed E-state index contributed by atoms with van der Waals surface area (Å²) in [4.78, 5) is 23.7. The second-order valence-corrected chi connectivity index (χ2v) is 4.26. The molecule has 0 bridgehead atoms. The molecule has 1 amide bonds. The van der Waals surface area contributed by atoms with Gasteiger partial charge in [0.1, 0.15) is 5.75 Å². The maximum Gasteiger partial charge on any atom is 0.310 e. The number of carbonyl (C=O) groups excluding carboxylic acids is 1. The summed E-state index contributed by atoms with van der Waals surface area (Å²) in [5, 5.41) is 17.3. The third-order valence-electron chi connectivity index (χ3n) is 2.93. The van der Waals surface area contributed by atoms with E-state index >= 15 is 0 Å². The zero-order valence-corrected chi connectivity index (χ0v) is 10.1. The number of hydrogen-bond acceptors (Lipinski definition) is 4. The number of carboxylic acids is 1. The Balaban J connectivity index is 1.78. The van der Waals surface area contributed by atoms with E-state index in [-0.39, 0.29) is 25.6 Å². The van der Waals surface area contributed by atoms with Crippen LogP contribution in [-0.4, -0.2) is 41.6 Å². The van der Waals surface area contributed by atoms with Gasteiger partial charge in [-0.05, 0) is 24.3 Å². The molecule has 6 nitrogen and oxygen atoms in total. The molecule has 6 heteroatoms. The smallest absolute Gasteiger partial charge is 0.310 e. The molecule has 0 radical (unpaired) electrons. The minimum atomic E-state index is -0.878. The van der Waals surface area contributed by atoms with Crippen LogP contribution in [0.3, 0.4) is 0 Å². The molecule has 98 valence electrons. The molecule has 1 aromatic carbocycles. The van der Waals surface area contributed by atoms with E-state index in [1.807, 2.05) is 6.07 Å². The van der Waals surface area contributed by atoms with Crippen molar-refractivity contribution in [2.45, 2.75) is 0 Å². The predicted octanol–water partition coefficient (Wildman–Crippen LogP) is 0.480. The van der Waals surface area contributed by atoms with Gasteiger partial charge in [0.05, 0.1) is 17.6 Å². The number of carboxylic acid groups (broad SMARTS) is 1. The van der Waals surface area contributed by atoms with E-state index in [1.165, 1.54) is 4.90 Å². The number of aliphatic carboxylic acids is 1. The van der Waals surface area contributed by atoms with Gasteiger partial charge < -0.3 is 14.7 Å². The highest BCUT2D eigenvalue weighted by atomic mass is 16.5. The first kappa shape index (κ1) is 12.9. The van der Waals surface area contributed by atoms with Gasteiger partial charge in [-0.25, -0.2) is 0 Å². The number of likely N-dealkylation sites (tertiary alicyclic amines) is 1. The first-order valence-electron chi connectivity index (χ1n) is 5.73. The van der Waals surface area contributed by atoms with Crippen molar-refractivity contribution in [2.24, 2.45) is 5.92 Å². The lowest BCUT2D eigenvalue weighted by Gasteiger charge is -2.36. The van der Waals surface area contributed by atoms with Gasteiger partial charge in [0.2, 0.25) is 0 Å². The number of nitriles is 1. The van der Waals surface area contributed by atoms with Crippen molar-refractivity contribution >= 4 is 11.9 Å². The van der Waals surface area contributed by atoms with Crippen molar-refractivity contribution < 1.29 is 19.4 Å². The second kappa shape index (κ2) is 5.40. The summed E-state index contributed by atoms with van der Waals surface area (Å²) in [7, 11) is 0. The number of amides is 1. The van der Waals surface area contributed by atoms with Crippen LogP contribution in [0.25, 0.3) is 0 Å². The van der Waals surface area contributed by atoms with E-state index in [0.29, 0.717) is 11.3 Å². The van der Waals surface area contributed by atoms with E-state index in [0.717, 1.165) is 0 Å². The molecule has 19 heavy (non-hydrogen) atoms. The van der Waals surface area contributed by atoms with Crippen molar-refractivity contribution in [3.8, 4) is 11.8 Å². The number of carbonyl (C=O) groups is 2. The molecule has 0 saturated carbocycles. The van der Waals surface area contributed by atoms with Crippen molar-refractivity contribution in [1.82, 2.24) is 4.90 Å². The minimum absolute atomic E-state index is 0.127. The van der Waals surface area contributed by atoms with Crippen LogP contribution in [0.15, 0.2) is 24.3 Å². The Hall–Kier alpha value is -2.55. The van der Waals surface area contributed by atoms with E-state index in [1.54, 1.807) is 24.3 Å². The molecule has 1 N–H and O–H groups in total. The monoisotopic (exact) mass is 260 g/mol. The molecular weight excluding hydrogens is 248 g/mol. The Morgan fingerprint density at radius 3 is 2.53 bits per heavy atom. The largest absolute Gasteiger partial charge is 0.484 e. The highest BCUT2D eigenvalue weighted by molar-refractivity contribution is 5.82. The lowest BCUT2D eigenvalue weighted by atomic mass is 10.0. The van der Waals surface area contributed by atoms with Gasteiger partial charge in [-0.1, -0.05) is 0 Å². The first-order chi connectivity index (χ1) is 9.10. The quantitative estimate of drug-likeness (QED) is 0.850. The molecule has 1 heterocycles. The van der Waals surface area contributed by atoms with E-state index < -0.39 is 11.9 Å². The zero-order chi connectivity index (χ0) is 13.8. The number of benzene rings is 1. The Morgan fingerprint density at radius 2 is 2.00 bits per heavy atom. The van der Waals surface area contributed by atoms with Crippen LogP contribution in [0.1, 0.15) is 5.56 Å². The second-order valence-electron chi connectivity index (χ2n) is 4.26. The van der Waals surface area contributed by atoms with Gasteiger partial charge in [0, 0.05) is 13.1 Å². The summed E-state index contributed by atoms with van der Waals surface area (Å²) in [6.07, 6.45) is 0. The number of ether oxygens (including phenoxy) is 1. The topological polar surface area (TPSA) is 90.6 Å². The van der Waals surface area contributed by atoms with Crippen LogP contribution >= 0.6 is 0 Å². The van der Waals surface area contributed by atoms with E-state index in [2.05, 4.69) is 0 Å². The van der Waals surface area contributed by atoms with Gasteiger partial charge in [0.15, 0.2) is 6.61 Å². The number of rotatable bonds is 4. The Morgan fingerprint density at radius 1 is 1.37 bits per heavy atom. The van der Waals surface area contributed by atoms with E-state index in [4.69, 9.17) is 15.1 Å². The standard InChI is InChI=1S/C13H12N2O4/c14-5-9-1-3-11(4-2-9)19-8-12(16)15-6-10(7-15)13(17)18/h1-4,10H,6-8H2,(H,17,18). The fourth-order valence-corrected chi connectivity index (χ4v) is 1.70. The maximum absolute atomic E-state index is 11.6. The molecule has 1 aromatic rings. The zero-order valence-electron chi connectivity index (χ0n) is 10.1. The Kier molecular flexibility index (Phi) is 3.66. The fourth-order valence-electron chi connectivity index (χ4n) is 1.70. The predicted molar refractivity (Wildman–Crippen MR) is 64.4 cm³/mol. The van der Waals surface area contributed by atoms with Gasteiger partial charge in [0.25, 0.3) is 5.91 Å². The summed E-state index contributed by atoms with van der Waals surface area (Å²) in [5.74, 6) is -1.07. The third kappa shape index (κ3) is 3.01. The lowest BCUT2D eigenvalue weighted by molar-refractivity contribution is -0.153. The Labute approximate surface area is 109 Å². The maximum atomic E-state index is 11.6. The molecule has 0 aromatic heterocycles. The van der Waals surface area contributed by atoms with Gasteiger partial charge in [-0.2, -0.15) is 5.26 Å². The van der Waals surface area contributed by atoms with Crippen LogP contribution in [0.5, 0.6) is 5.75 Å². The van der Waals surface area contributed by atoms with E-state index in [9.17, 15) is 9.59 Å². The number of hydrogen-bond donors (Lipinski definition) is 1. The fraction of sp³-hybridized carbons (Fsp3) is 0.308. The van der Waals surface area contributed by atoms with Crippen molar-refractivity contribution in [1.29, 1.82) is 5.26 Å². The van der Waals surface area contributed by atoms with Gasteiger partial charge in [-0.3, -0.25) is 9.59 Å². The van der Waals surface area contributed by atoms with Crippen LogP contribution in [0.2, 0.25) is 0 Å². The number of nitrogens with zero attached hydrogens (tertiary/aromatic N) is 2. The molecule has 2 rings (SSSR count). The van der Waals surface area contributed by atoms with Crippen molar-refractivity contribution in [3.63, 3.8) is 0 Å². The molecule has 0 spiro atoms. The van der Waals surface area contributed by atoms with Crippen molar-refractivity contribution in [3.05, 3.63) is 29.8 Å². The average molecular weight is 260 g/mol. The van der Waals surface area contributed by atoms with Crippen LogP contribution < -0.4 is 4.74 Å². The van der Waals surface area contributed by atoms with Crippen LogP contribution in [-0.2, 0) is 9.59 Å². The Bertz CT molecular complexity index is 527. The summed E-state index contributed by atoms with van der Waals surface area (Å²) < 4.78 is 5.27. The summed E-state index contributed by atoms with van der Waals surface area (Å²) in [6, 6.07) is 8.41. The average Bonchev–Trinajstić information content (AvgIpc) is 2.34. The minimum Gasteiger partial charge on any atom is -0.484 e. The first-order valence-corrected chi connectivity index (χ1v) is 5.73. The van der Waals surface area contributed by atoms with Crippen molar-refractivity contribution in [2.75, 3.05) is 19.7 Å². The summed E-state index contributed by atoms with van der Waals surface area (Å²) in [5.41, 5.74) is 0.519. The molecule has 1 aliphatic rings. The summed E-state index contributed by atoms with van der Waals surface area (Å²) in [6.45, 7) is 0.355. The lowest BCUT2D eigenvalue weighted by Crippen LogP contribution is -2.54. The molecule has 0 atom stereocenters. The normalized spacial score (nSPS) is 14.4.